The molecular formula is C13H27NO. The lowest BCUT2D eigenvalue weighted by Crippen LogP contribution is -2.42. The molecule has 0 radical (unpaired) electrons. The molecule has 0 aromatic heterocycles. The van der Waals surface area contributed by atoms with Gasteiger partial charge >= 0.3 is 0 Å². The second kappa shape index (κ2) is 6.49. The Kier molecular flexibility index (Phi) is 5.62. The first-order valence-electron chi connectivity index (χ1n) is 6.65. The van der Waals surface area contributed by atoms with E-state index in [0.717, 1.165) is 13.2 Å². The number of ether oxygens (including phenoxy) is 1. The van der Waals surface area contributed by atoms with Crippen molar-refractivity contribution < 1.29 is 4.74 Å². The van der Waals surface area contributed by atoms with Crippen LogP contribution in [0.2, 0.25) is 0 Å². The molecular weight excluding hydrogens is 186 g/mol. The molecule has 2 heteroatoms. The summed E-state index contributed by atoms with van der Waals surface area (Å²) in [5.41, 5.74) is 0.671. The Morgan fingerprint density at radius 1 is 1.00 bits per heavy atom. The summed E-state index contributed by atoms with van der Waals surface area (Å²) in [7, 11) is 0. The molecule has 0 amide bonds. The van der Waals surface area contributed by atoms with Gasteiger partial charge in [0.15, 0.2) is 0 Å². The number of piperidine rings is 1. The summed E-state index contributed by atoms with van der Waals surface area (Å²) < 4.78 is 5.44. The minimum absolute atomic E-state index is 0.671. The van der Waals surface area contributed by atoms with E-state index in [0.29, 0.717) is 5.41 Å². The SMILES string of the molecule is CC.CCN1CCC2(CCOCC2)CC1. The molecule has 15 heavy (non-hydrogen) atoms. The van der Waals surface area contributed by atoms with E-state index in [1.54, 1.807) is 0 Å². The molecule has 0 unspecified atom stereocenters. The molecule has 0 aromatic carbocycles. The van der Waals surface area contributed by atoms with Crippen molar-refractivity contribution in [1.29, 1.82) is 0 Å². The van der Waals surface area contributed by atoms with Crippen LogP contribution in [0, 0.1) is 5.41 Å². The largest absolute Gasteiger partial charge is 0.381 e. The Morgan fingerprint density at radius 3 is 2.00 bits per heavy atom. The van der Waals surface area contributed by atoms with Crippen LogP contribution in [0.3, 0.4) is 0 Å². The fourth-order valence-corrected chi connectivity index (χ4v) is 2.65. The van der Waals surface area contributed by atoms with E-state index in [4.69, 9.17) is 4.74 Å². The van der Waals surface area contributed by atoms with Gasteiger partial charge < -0.3 is 9.64 Å². The average molecular weight is 213 g/mol. The normalized spacial score (nSPS) is 25.8. The topological polar surface area (TPSA) is 12.5 Å². The predicted molar refractivity (Wildman–Crippen MR) is 65.2 cm³/mol. The van der Waals surface area contributed by atoms with Crippen molar-refractivity contribution in [3.05, 3.63) is 0 Å². The summed E-state index contributed by atoms with van der Waals surface area (Å²) >= 11 is 0. The maximum atomic E-state index is 5.44. The van der Waals surface area contributed by atoms with Gasteiger partial charge in [0.05, 0.1) is 0 Å². The third-order valence-electron chi connectivity index (χ3n) is 3.92. The van der Waals surface area contributed by atoms with E-state index in [9.17, 15) is 0 Å². The third kappa shape index (κ3) is 3.46. The van der Waals surface area contributed by atoms with E-state index < -0.39 is 0 Å². The first-order chi connectivity index (χ1) is 7.35. The van der Waals surface area contributed by atoms with Crippen LogP contribution in [0.4, 0.5) is 0 Å². The highest BCUT2D eigenvalue weighted by atomic mass is 16.5. The van der Waals surface area contributed by atoms with E-state index >= 15 is 0 Å². The van der Waals surface area contributed by atoms with Crippen LogP contribution in [-0.4, -0.2) is 37.7 Å². The number of hydrogen-bond donors (Lipinski definition) is 0. The van der Waals surface area contributed by atoms with Crippen molar-refractivity contribution in [2.75, 3.05) is 32.8 Å². The predicted octanol–water partition coefficient (Wildman–Crippen LogP) is 2.93. The van der Waals surface area contributed by atoms with Crippen molar-refractivity contribution >= 4 is 0 Å². The molecule has 2 nitrogen and oxygen atoms in total. The monoisotopic (exact) mass is 213 g/mol. The maximum absolute atomic E-state index is 5.44. The van der Waals surface area contributed by atoms with E-state index in [2.05, 4.69) is 11.8 Å². The molecule has 0 atom stereocenters. The van der Waals surface area contributed by atoms with Gasteiger partial charge in [-0.3, -0.25) is 0 Å². The molecule has 2 fully saturated rings. The van der Waals surface area contributed by atoms with Crippen molar-refractivity contribution in [2.24, 2.45) is 5.41 Å². The van der Waals surface area contributed by atoms with Crippen LogP contribution in [0.1, 0.15) is 46.5 Å². The van der Waals surface area contributed by atoms with Gasteiger partial charge in [-0.1, -0.05) is 20.8 Å². The Bertz CT molecular complexity index is 154. The van der Waals surface area contributed by atoms with Gasteiger partial charge in [0.2, 0.25) is 0 Å². The zero-order chi connectivity index (χ0) is 11.1. The lowest BCUT2D eigenvalue weighted by atomic mass is 9.72. The number of rotatable bonds is 1. The molecule has 2 rings (SSSR count). The standard InChI is InChI=1S/C11H21NO.C2H6/c1-2-12-7-3-11(4-8-12)5-9-13-10-6-11;1-2/h2-10H2,1H3;1-2H3. The van der Waals surface area contributed by atoms with Gasteiger partial charge in [0, 0.05) is 13.2 Å². The van der Waals surface area contributed by atoms with Crippen molar-refractivity contribution in [2.45, 2.75) is 46.5 Å². The van der Waals surface area contributed by atoms with Crippen LogP contribution in [0.5, 0.6) is 0 Å². The number of hydrogen-bond acceptors (Lipinski definition) is 2. The van der Waals surface area contributed by atoms with Crippen LogP contribution in [0.25, 0.3) is 0 Å². The third-order valence-corrected chi connectivity index (χ3v) is 3.92. The summed E-state index contributed by atoms with van der Waals surface area (Å²) in [6.07, 6.45) is 5.43. The minimum Gasteiger partial charge on any atom is -0.381 e. The molecule has 2 saturated heterocycles. The Labute approximate surface area is 95.0 Å². The smallest absolute Gasteiger partial charge is 0.0471 e. The lowest BCUT2D eigenvalue weighted by Gasteiger charge is -2.43. The highest BCUT2D eigenvalue weighted by Gasteiger charge is 2.35. The summed E-state index contributed by atoms with van der Waals surface area (Å²) in [6, 6.07) is 0. The number of nitrogens with zero attached hydrogens (tertiary/aromatic N) is 1. The van der Waals surface area contributed by atoms with E-state index in [-0.39, 0.29) is 0 Å². The fourth-order valence-electron chi connectivity index (χ4n) is 2.65. The van der Waals surface area contributed by atoms with Gasteiger partial charge in [-0.25, -0.2) is 0 Å². The maximum Gasteiger partial charge on any atom is 0.0471 e. The van der Waals surface area contributed by atoms with Crippen molar-refractivity contribution in [1.82, 2.24) is 4.90 Å². The highest BCUT2D eigenvalue weighted by molar-refractivity contribution is 4.87. The second-order valence-electron chi connectivity index (χ2n) is 4.55. The van der Waals surface area contributed by atoms with Crippen LogP contribution in [-0.2, 0) is 4.74 Å². The van der Waals surface area contributed by atoms with Crippen LogP contribution in [0.15, 0.2) is 0 Å². The summed E-state index contributed by atoms with van der Waals surface area (Å²) in [5, 5.41) is 0. The van der Waals surface area contributed by atoms with Gasteiger partial charge in [-0.15, -0.1) is 0 Å². The Hall–Kier alpha value is -0.0800. The molecule has 2 aliphatic heterocycles. The van der Waals surface area contributed by atoms with Gasteiger partial charge in [0.25, 0.3) is 0 Å². The first-order valence-corrected chi connectivity index (χ1v) is 6.65. The molecule has 2 heterocycles. The molecule has 0 aliphatic carbocycles. The second-order valence-corrected chi connectivity index (χ2v) is 4.55. The lowest BCUT2D eigenvalue weighted by molar-refractivity contribution is -0.0197. The van der Waals surface area contributed by atoms with Crippen molar-refractivity contribution in [3.63, 3.8) is 0 Å². The molecule has 2 aliphatic rings. The number of likely N-dealkylation sites (tertiary alicyclic amines) is 1. The Balaban J connectivity index is 0.000000531. The minimum atomic E-state index is 0.671. The fraction of sp³-hybridized carbons (Fsp3) is 1.00. The van der Waals surface area contributed by atoms with Gasteiger partial charge in [-0.2, -0.15) is 0 Å². The first kappa shape index (κ1) is 13.0. The van der Waals surface area contributed by atoms with Crippen molar-refractivity contribution in [3.8, 4) is 0 Å². The average Bonchev–Trinajstić information content (AvgIpc) is 2.34. The highest BCUT2D eigenvalue weighted by Crippen LogP contribution is 2.40. The summed E-state index contributed by atoms with van der Waals surface area (Å²) in [4.78, 5) is 2.57. The molecule has 90 valence electrons. The molecule has 1 spiro atoms. The van der Waals surface area contributed by atoms with E-state index in [1.165, 1.54) is 45.3 Å². The zero-order valence-electron chi connectivity index (χ0n) is 10.7. The van der Waals surface area contributed by atoms with Gasteiger partial charge in [0.1, 0.15) is 0 Å². The summed E-state index contributed by atoms with van der Waals surface area (Å²) in [6.45, 7) is 12.1. The van der Waals surface area contributed by atoms with Crippen LogP contribution >= 0.6 is 0 Å². The molecule has 0 N–H and O–H groups in total. The molecule has 0 aromatic rings. The van der Waals surface area contributed by atoms with E-state index in [1.807, 2.05) is 13.8 Å². The van der Waals surface area contributed by atoms with Crippen LogP contribution < -0.4 is 0 Å². The summed E-state index contributed by atoms with van der Waals surface area (Å²) in [5.74, 6) is 0. The molecule has 0 bridgehead atoms. The molecule has 0 saturated carbocycles. The Morgan fingerprint density at radius 2 is 1.53 bits per heavy atom. The zero-order valence-corrected chi connectivity index (χ0v) is 10.7. The quantitative estimate of drug-likeness (QED) is 0.664. The van der Waals surface area contributed by atoms with Gasteiger partial charge in [-0.05, 0) is 50.7 Å².